The Kier molecular flexibility index (Phi) is 5.70. The first-order valence-corrected chi connectivity index (χ1v) is 10.1. The van der Waals surface area contributed by atoms with Crippen LogP contribution in [0.4, 0.5) is 0 Å². The molecule has 1 N–H and O–H groups in total. The van der Waals surface area contributed by atoms with Crippen LogP contribution in [-0.2, 0) is 0 Å². The Hall–Kier alpha value is 0.270. The van der Waals surface area contributed by atoms with Gasteiger partial charge >= 0.3 is 0 Å². The molecule has 2 heterocycles. The summed E-state index contributed by atoms with van der Waals surface area (Å²) >= 11 is 2.16. The first-order chi connectivity index (χ1) is 9.88. The van der Waals surface area contributed by atoms with Gasteiger partial charge < -0.3 is 5.32 Å². The molecule has 2 nitrogen and oxygen atoms in total. The average molecular weight is 297 g/mol. The van der Waals surface area contributed by atoms with Crippen LogP contribution in [0.25, 0.3) is 0 Å². The van der Waals surface area contributed by atoms with E-state index in [1.807, 2.05) is 0 Å². The zero-order valence-corrected chi connectivity index (χ0v) is 14.0. The van der Waals surface area contributed by atoms with Crippen LogP contribution in [0.1, 0.15) is 58.3 Å². The van der Waals surface area contributed by atoms with Crippen LogP contribution in [0.2, 0.25) is 0 Å². The van der Waals surface area contributed by atoms with E-state index in [4.69, 9.17) is 0 Å². The second-order valence-corrected chi connectivity index (χ2v) is 8.24. The van der Waals surface area contributed by atoms with Crippen molar-refractivity contribution in [3.8, 4) is 0 Å². The molecule has 0 aromatic rings. The summed E-state index contributed by atoms with van der Waals surface area (Å²) in [6.07, 6.45) is 11.5. The monoisotopic (exact) mass is 296 g/mol. The summed E-state index contributed by atoms with van der Waals surface area (Å²) in [5.74, 6) is 3.74. The Labute approximate surface area is 129 Å². The van der Waals surface area contributed by atoms with E-state index in [-0.39, 0.29) is 0 Å². The van der Waals surface area contributed by atoms with Gasteiger partial charge in [-0.25, -0.2) is 0 Å². The third-order valence-corrected chi connectivity index (χ3v) is 6.89. The first-order valence-electron chi connectivity index (χ1n) is 8.95. The second-order valence-electron chi connectivity index (χ2n) is 7.02. The van der Waals surface area contributed by atoms with Crippen molar-refractivity contribution < 1.29 is 0 Å². The van der Waals surface area contributed by atoms with Gasteiger partial charge in [-0.3, -0.25) is 4.90 Å². The van der Waals surface area contributed by atoms with Crippen molar-refractivity contribution in [2.45, 2.75) is 76.4 Å². The van der Waals surface area contributed by atoms with Crippen molar-refractivity contribution in [1.29, 1.82) is 0 Å². The van der Waals surface area contributed by atoms with E-state index in [0.29, 0.717) is 0 Å². The zero-order valence-electron chi connectivity index (χ0n) is 13.2. The summed E-state index contributed by atoms with van der Waals surface area (Å²) in [5, 5.41) is 3.91. The molecule has 1 saturated carbocycles. The maximum atomic E-state index is 3.91. The van der Waals surface area contributed by atoms with E-state index in [9.17, 15) is 0 Å². The number of nitrogens with zero attached hydrogens (tertiary/aromatic N) is 1. The molecule has 3 fully saturated rings. The smallest absolute Gasteiger partial charge is 0.0224 e. The average Bonchev–Trinajstić information content (AvgIpc) is 2.56. The number of nitrogens with one attached hydrogen (secondary N) is 1. The van der Waals surface area contributed by atoms with Gasteiger partial charge in [0.2, 0.25) is 0 Å². The lowest BCUT2D eigenvalue weighted by Gasteiger charge is -2.48. The summed E-state index contributed by atoms with van der Waals surface area (Å²) in [7, 11) is 0. The van der Waals surface area contributed by atoms with E-state index in [1.54, 1.807) is 0 Å². The third-order valence-electron chi connectivity index (χ3n) is 5.84. The Morgan fingerprint density at radius 3 is 2.50 bits per heavy atom. The van der Waals surface area contributed by atoms with E-state index < -0.39 is 0 Å². The van der Waals surface area contributed by atoms with Crippen molar-refractivity contribution in [2.24, 2.45) is 5.92 Å². The fourth-order valence-corrected chi connectivity index (χ4v) is 5.62. The van der Waals surface area contributed by atoms with Gasteiger partial charge in [-0.2, -0.15) is 11.8 Å². The van der Waals surface area contributed by atoms with E-state index >= 15 is 0 Å². The van der Waals surface area contributed by atoms with Gasteiger partial charge in [0, 0.05) is 31.2 Å². The highest BCUT2D eigenvalue weighted by Crippen LogP contribution is 2.31. The molecule has 3 aliphatic rings. The molecule has 0 radical (unpaired) electrons. The molecule has 0 amide bonds. The topological polar surface area (TPSA) is 15.3 Å². The lowest BCUT2D eigenvalue weighted by atomic mass is 9.82. The van der Waals surface area contributed by atoms with Gasteiger partial charge in [0.05, 0.1) is 0 Å². The molecule has 2 unspecified atom stereocenters. The number of thioether (sulfide) groups is 1. The van der Waals surface area contributed by atoms with Gasteiger partial charge in [-0.1, -0.05) is 26.2 Å². The lowest BCUT2D eigenvalue weighted by Crippen LogP contribution is -2.61. The normalized spacial score (nSPS) is 35.2. The molecular formula is C17H32N2S. The Balaban J connectivity index is 1.62. The zero-order chi connectivity index (χ0) is 13.8. The van der Waals surface area contributed by atoms with Crippen LogP contribution < -0.4 is 5.32 Å². The minimum Gasteiger partial charge on any atom is -0.311 e. The number of hydrogen-bond donors (Lipinski definition) is 1. The van der Waals surface area contributed by atoms with Crippen LogP contribution in [0.15, 0.2) is 0 Å². The van der Waals surface area contributed by atoms with Gasteiger partial charge in [0.25, 0.3) is 0 Å². The summed E-state index contributed by atoms with van der Waals surface area (Å²) < 4.78 is 0. The molecule has 0 aromatic carbocycles. The van der Waals surface area contributed by atoms with Gasteiger partial charge in [0.15, 0.2) is 0 Å². The molecule has 3 rings (SSSR count). The van der Waals surface area contributed by atoms with Crippen molar-refractivity contribution in [3.63, 3.8) is 0 Å². The molecule has 20 heavy (non-hydrogen) atoms. The predicted octanol–water partition coefficient (Wildman–Crippen LogP) is 3.51. The Bertz CT molecular complexity index is 285. The largest absolute Gasteiger partial charge is 0.311 e. The Morgan fingerprint density at radius 2 is 1.80 bits per heavy atom. The molecule has 2 aliphatic heterocycles. The molecular weight excluding hydrogens is 264 g/mol. The fourth-order valence-electron chi connectivity index (χ4n) is 4.54. The van der Waals surface area contributed by atoms with Crippen LogP contribution in [0.5, 0.6) is 0 Å². The highest BCUT2D eigenvalue weighted by atomic mass is 32.2. The van der Waals surface area contributed by atoms with E-state index in [1.165, 1.54) is 76.0 Å². The Morgan fingerprint density at radius 1 is 1.05 bits per heavy atom. The van der Waals surface area contributed by atoms with Crippen molar-refractivity contribution >= 4 is 11.8 Å². The van der Waals surface area contributed by atoms with Crippen LogP contribution >= 0.6 is 11.8 Å². The standard InChI is InChI=1S/C17H32N2S/c1-2-15-12-18-17(14-6-4-3-5-7-14)13-19(15)16-8-10-20-11-9-16/h14-18H,2-13H2,1H3. The highest BCUT2D eigenvalue weighted by molar-refractivity contribution is 7.99. The predicted molar refractivity (Wildman–Crippen MR) is 89.5 cm³/mol. The molecule has 0 bridgehead atoms. The number of rotatable bonds is 3. The van der Waals surface area contributed by atoms with Crippen molar-refractivity contribution in [3.05, 3.63) is 0 Å². The SMILES string of the molecule is CCC1CNC(C2CCCCC2)CN1C1CCSCC1. The van der Waals surface area contributed by atoms with Crippen molar-refractivity contribution in [2.75, 3.05) is 24.6 Å². The molecule has 2 atom stereocenters. The summed E-state index contributed by atoms with van der Waals surface area (Å²) in [6, 6.07) is 2.46. The lowest BCUT2D eigenvalue weighted by molar-refractivity contribution is 0.0522. The molecule has 3 heteroatoms. The summed E-state index contributed by atoms with van der Waals surface area (Å²) in [5.41, 5.74) is 0. The van der Waals surface area contributed by atoms with Gasteiger partial charge in [-0.05, 0) is 49.5 Å². The van der Waals surface area contributed by atoms with Gasteiger partial charge in [-0.15, -0.1) is 0 Å². The quantitative estimate of drug-likeness (QED) is 0.858. The maximum Gasteiger partial charge on any atom is 0.0224 e. The summed E-state index contributed by atoms with van der Waals surface area (Å²) in [6.45, 7) is 4.94. The van der Waals surface area contributed by atoms with Crippen LogP contribution in [-0.4, -0.2) is 47.6 Å². The van der Waals surface area contributed by atoms with E-state index in [2.05, 4.69) is 28.9 Å². The fraction of sp³-hybridized carbons (Fsp3) is 1.00. The minimum absolute atomic E-state index is 0.785. The van der Waals surface area contributed by atoms with Gasteiger partial charge in [0.1, 0.15) is 0 Å². The second kappa shape index (κ2) is 7.51. The van der Waals surface area contributed by atoms with Crippen LogP contribution in [0.3, 0.4) is 0 Å². The third kappa shape index (κ3) is 3.53. The first kappa shape index (κ1) is 15.2. The minimum atomic E-state index is 0.785. The molecule has 116 valence electrons. The molecule has 0 spiro atoms. The maximum absolute atomic E-state index is 3.91. The number of piperazine rings is 1. The van der Waals surface area contributed by atoms with E-state index in [0.717, 1.165) is 24.0 Å². The van der Waals surface area contributed by atoms with Crippen molar-refractivity contribution in [1.82, 2.24) is 10.2 Å². The number of hydrogen-bond acceptors (Lipinski definition) is 3. The molecule has 1 aliphatic carbocycles. The molecule has 2 saturated heterocycles. The highest BCUT2D eigenvalue weighted by Gasteiger charge is 2.35. The summed E-state index contributed by atoms with van der Waals surface area (Å²) in [4.78, 5) is 2.91. The van der Waals surface area contributed by atoms with Crippen LogP contribution in [0, 0.1) is 5.92 Å². The molecule has 0 aromatic heterocycles.